The van der Waals surface area contributed by atoms with Gasteiger partial charge in [-0.3, -0.25) is 9.59 Å². The van der Waals surface area contributed by atoms with Gasteiger partial charge in [0.2, 0.25) is 5.91 Å². The van der Waals surface area contributed by atoms with E-state index in [1.54, 1.807) is 18.2 Å². The molecule has 0 unspecified atom stereocenters. The van der Waals surface area contributed by atoms with E-state index in [0.29, 0.717) is 11.6 Å². The van der Waals surface area contributed by atoms with E-state index in [1.165, 1.54) is 18.2 Å². The summed E-state index contributed by atoms with van der Waals surface area (Å²) in [6, 6.07) is 12.0. The van der Waals surface area contributed by atoms with Gasteiger partial charge in [0, 0.05) is 11.6 Å². The van der Waals surface area contributed by atoms with Crippen LogP contribution >= 0.6 is 11.6 Å². The fraction of sp³-hybridized carbons (Fsp3) is 0.263. The first-order valence-electron chi connectivity index (χ1n) is 7.96. The number of rotatable bonds is 6. The van der Waals surface area contributed by atoms with Crippen LogP contribution in [-0.2, 0) is 11.3 Å². The first-order chi connectivity index (χ1) is 11.9. The fourth-order valence-electron chi connectivity index (χ4n) is 2.30. The van der Waals surface area contributed by atoms with Crippen molar-refractivity contribution in [3.05, 3.63) is 70.5 Å². The molecule has 2 rings (SSSR count). The van der Waals surface area contributed by atoms with Crippen molar-refractivity contribution in [1.82, 2.24) is 10.6 Å². The average Bonchev–Trinajstić information content (AvgIpc) is 2.58. The van der Waals surface area contributed by atoms with Gasteiger partial charge in [-0.05, 0) is 35.7 Å². The maximum absolute atomic E-state index is 13.7. The summed E-state index contributed by atoms with van der Waals surface area (Å²) in [5, 5.41) is 6.01. The highest BCUT2D eigenvalue weighted by molar-refractivity contribution is 6.30. The van der Waals surface area contributed by atoms with Crippen LogP contribution in [0.1, 0.15) is 29.8 Å². The SMILES string of the molecule is CC(C)[C@H](NC(=O)c1ccccc1F)C(=O)NCc1ccc(Cl)cc1. The van der Waals surface area contributed by atoms with Gasteiger partial charge in [-0.2, -0.15) is 0 Å². The van der Waals surface area contributed by atoms with Crippen molar-refractivity contribution >= 4 is 23.4 Å². The highest BCUT2D eigenvalue weighted by atomic mass is 35.5. The van der Waals surface area contributed by atoms with E-state index < -0.39 is 17.8 Å². The molecule has 0 aliphatic carbocycles. The summed E-state index contributed by atoms with van der Waals surface area (Å²) in [5.74, 6) is -1.71. The Labute approximate surface area is 151 Å². The number of carbonyl (C=O) groups is 2. The molecule has 2 aromatic rings. The lowest BCUT2D eigenvalue weighted by Crippen LogP contribution is -2.49. The summed E-state index contributed by atoms with van der Waals surface area (Å²) < 4.78 is 13.7. The van der Waals surface area contributed by atoms with E-state index in [1.807, 2.05) is 26.0 Å². The zero-order chi connectivity index (χ0) is 18.4. The minimum Gasteiger partial charge on any atom is -0.350 e. The highest BCUT2D eigenvalue weighted by Gasteiger charge is 2.25. The van der Waals surface area contributed by atoms with Crippen LogP contribution < -0.4 is 10.6 Å². The normalized spacial score (nSPS) is 11.9. The number of amides is 2. The fourth-order valence-corrected chi connectivity index (χ4v) is 2.43. The Morgan fingerprint density at radius 1 is 1.08 bits per heavy atom. The maximum atomic E-state index is 13.7. The van der Waals surface area contributed by atoms with Crippen molar-refractivity contribution in [3.8, 4) is 0 Å². The predicted octanol–water partition coefficient (Wildman–Crippen LogP) is 3.55. The Morgan fingerprint density at radius 2 is 1.72 bits per heavy atom. The monoisotopic (exact) mass is 362 g/mol. The van der Waals surface area contributed by atoms with Crippen molar-refractivity contribution in [2.24, 2.45) is 5.92 Å². The molecule has 0 saturated carbocycles. The molecule has 0 bridgehead atoms. The van der Waals surface area contributed by atoms with Crippen LogP contribution in [0.4, 0.5) is 4.39 Å². The predicted molar refractivity (Wildman–Crippen MR) is 95.8 cm³/mol. The zero-order valence-electron chi connectivity index (χ0n) is 14.1. The molecule has 1 atom stereocenters. The quantitative estimate of drug-likeness (QED) is 0.825. The van der Waals surface area contributed by atoms with Gasteiger partial charge < -0.3 is 10.6 Å². The summed E-state index contributed by atoms with van der Waals surface area (Å²) in [4.78, 5) is 24.7. The third-order valence-corrected chi connectivity index (χ3v) is 3.99. The van der Waals surface area contributed by atoms with Crippen LogP contribution in [0.5, 0.6) is 0 Å². The van der Waals surface area contributed by atoms with E-state index in [0.717, 1.165) is 5.56 Å². The molecular weight excluding hydrogens is 343 g/mol. The second kappa shape index (κ2) is 8.62. The first kappa shape index (κ1) is 18.9. The smallest absolute Gasteiger partial charge is 0.254 e. The first-order valence-corrected chi connectivity index (χ1v) is 8.34. The molecule has 132 valence electrons. The molecule has 2 amide bonds. The number of hydrogen-bond donors (Lipinski definition) is 2. The van der Waals surface area contributed by atoms with Gasteiger partial charge in [0.05, 0.1) is 5.56 Å². The number of carbonyl (C=O) groups excluding carboxylic acids is 2. The van der Waals surface area contributed by atoms with Crippen molar-refractivity contribution < 1.29 is 14.0 Å². The molecule has 4 nitrogen and oxygen atoms in total. The third-order valence-electron chi connectivity index (χ3n) is 3.73. The summed E-state index contributed by atoms with van der Waals surface area (Å²) in [6.45, 7) is 3.94. The second-order valence-electron chi connectivity index (χ2n) is 6.02. The molecule has 0 radical (unpaired) electrons. The van der Waals surface area contributed by atoms with Gasteiger partial charge in [0.15, 0.2) is 0 Å². The van der Waals surface area contributed by atoms with Crippen LogP contribution in [-0.4, -0.2) is 17.9 Å². The topological polar surface area (TPSA) is 58.2 Å². The Bertz CT molecular complexity index is 747. The molecule has 0 aliphatic rings. The molecule has 0 aromatic heterocycles. The number of nitrogens with one attached hydrogen (secondary N) is 2. The van der Waals surface area contributed by atoms with Crippen LogP contribution in [0.3, 0.4) is 0 Å². The average molecular weight is 363 g/mol. The molecule has 2 N–H and O–H groups in total. The van der Waals surface area contributed by atoms with Gasteiger partial charge in [0.1, 0.15) is 11.9 Å². The lowest BCUT2D eigenvalue weighted by atomic mass is 10.0. The summed E-state index contributed by atoms with van der Waals surface area (Å²) in [7, 11) is 0. The number of hydrogen-bond acceptors (Lipinski definition) is 2. The van der Waals surface area contributed by atoms with Crippen molar-refractivity contribution in [1.29, 1.82) is 0 Å². The molecule has 6 heteroatoms. The van der Waals surface area contributed by atoms with E-state index >= 15 is 0 Å². The Hall–Kier alpha value is -2.40. The Morgan fingerprint density at radius 3 is 2.32 bits per heavy atom. The van der Waals surface area contributed by atoms with Gasteiger partial charge in [-0.15, -0.1) is 0 Å². The van der Waals surface area contributed by atoms with E-state index in [4.69, 9.17) is 11.6 Å². The van der Waals surface area contributed by atoms with Gasteiger partial charge in [-0.1, -0.05) is 49.7 Å². The molecule has 0 aliphatic heterocycles. The second-order valence-corrected chi connectivity index (χ2v) is 6.46. The molecule has 0 spiro atoms. The minimum atomic E-state index is -0.764. The molecule has 0 heterocycles. The molecule has 0 saturated heterocycles. The van der Waals surface area contributed by atoms with E-state index in [-0.39, 0.29) is 17.4 Å². The Kier molecular flexibility index (Phi) is 6.53. The van der Waals surface area contributed by atoms with Gasteiger partial charge >= 0.3 is 0 Å². The standard InChI is InChI=1S/C19H20ClFN2O2/c1-12(2)17(23-18(24)15-5-3-4-6-16(15)21)19(25)22-11-13-7-9-14(20)10-8-13/h3-10,12,17H,11H2,1-2H3,(H,22,25)(H,23,24)/t17-/m0/s1. The summed E-state index contributed by atoms with van der Waals surface area (Å²) in [5.41, 5.74) is 0.805. The van der Waals surface area contributed by atoms with Gasteiger partial charge in [-0.25, -0.2) is 4.39 Å². The molecule has 2 aromatic carbocycles. The third kappa shape index (κ3) is 5.29. The summed E-state index contributed by atoms with van der Waals surface area (Å²) >= 11 is 5.83. The van der Waals surface area contributed by atoms with E-state index in [2.05, 4.69) is 10.6 Å². The van der Waals surface area contributed by atoms with Crippen molar-refractivity contribution in [2.45, 2.75) is 26.4 Å². The van der Waals surface area contributed by atoms with Crippen LogP contribution in [0.15, 0.2) is 48.5 Å². The maximum Gasteiger partial charge on any atom is 0.254 e. The highest BCUT2D eigenvalue weighted by Crippen LogP contribution is 2.11. The largest absolute Gasteiger partial charge is 0.350 e. The summed E-state index contributed by atoms with van der Waals surface area (Å²) in [6.07, 6.45) is 0. The Balaban J connectivity index is 2.01. The molecular formula is C19H20ClFN2O2. The van der Waals surface area contributed by atoms with Crippen molar-refractivity contribution in [3.63, 3.8) is 0 Å². The van der Waals surface area contributed by atoms with E-state index in [9.17, 15) is 14.0 Å². The zero-order valence-corrected chi connectivity index (χ0v) is 14.8. The minimum absolute atomic E-state index is 0.0846. The lowest BCUT2D eigenvalue weighted by molar-refractivity contribution is -0.124. The number of halogens is 2. The molecule has 25 heavy (non-hydrogen) atoms. The van der Waals surface area contributed by atoms with Crippen LogP contribution in [0.2, 0.25) is 5.02 Å². The van der Waals surface area contributed by atoms with Gasteiger partial charge in [0.25, 0.3) is 5.91 Å². The van der Waals surface area contributed by atoms with Crippen molar-refractivity contribution in [2.75, 3.05) is 0 Å². The van der Waals surface area contributed by atoms with Crippen LogP contribution in [0.25, 0.3) is 0 Å². The van der Waals surface area contributed by atoms with Crippen LogP contribution in [0, 0.1) is 11.7 Å². The number of benzene rings is 2. The lowest BCUT2D eigenvalue weighted by Gasteiger charge is -2.22. The molecule has 0 fully saturated rings.